The van der Waals surface area contributed by atoms with Crippen molar-refractivity contribution in [2.45, 2.75) is 13.5 Å². The fraction of sp³-hybridized carbons (Fsp3) is 0.150. The minimum atomic E-state index is -0.475. The summed E-state index contributed by atoms with van der Waals surface area (Å²) < 4.78 is 15.4. The number of methoxy groups -OCH3 is 1. The molecule has 6 heteroatoms. The van der Waals surface area contributed by atoms with Gasteiger partial charge in [-0.15, -0.1) is 0 Å². The van der Waals surface area contributed by atoms with Crippen molar-refractivity contribution >= 4 is 12.0 Å². The number of rotatable bonds is 6. The van der Waals surface area contributed by atoms with Crippen LogP contribution in [0.15, 0.2) is 59.1 Å². The minimum Gasteiger partial charge on any atom is -0.497 e. The summed E-state index contributed by atoms with van der Waals surface area (Å²) in [6.45, 7) is 1.89. The molecule has 0 aliphatic carbocycles. The normalized spacial score (nSPS) is 10.8. The van der Waals surface area contributed by atoms with E-state index >= 15 is 0 Å². The first-order chi connectivity index (χ1) is 12.7. The molecule has 1 aromatic heterocycles. The second kappa shape index (κ2) is 8.11. The van der Waals surface area contributed by atoms with E-state index in [-0.39, 0.29) is 12.5 Å². The van der Waals surface area contributed by atoms with Crippen LogP contribution in [0.3, 0.4) is 0 Å². The third-order valence-corrected chi connectivity index (χ3v) is 3.74. The van der Waals surface area contributed by atoms with Gasteiger partial charge in [-0.05, 0) is 48.4 Å². The highest BCUT2D eigenvalue weighted by Crippen LogP contribution is 2.19. The molecule has 3 aromatic rings. The Labute approximate surface area is 151 Å². The second-order valence-corrected chi connectivity index (χ2v) is 5.54. The van der Waals surface area contributed by atoms with E-state index in [9.17, 15) is 4.79 Å². The van der Waals surface area contributed by atoms with Crippen LogP contribution in [0.5, 0.6) is 5.75 Å². The molecule has 0 amide bonds. The summed E-state index contributed by atoms with van der Waals surface area (Å²) in [5, 5.41) is 3.89. The quantitative estimate of drug-likeness (QED) is 0.497. The molecule has 0 radical (unpaired) electrons. The van der Waals surface area contributed by atoms with Crippen LogP contribution < -0.4 is 4.74 Å². The fourth-order valence-corrected chi connectivity index (χ4v) is 2.28. The monoisotopic (exact) mass is 350 g/mol. The predicted octanol–water partition coefficient (Wildman–Crippen LogP) is 3.81. The van der Waals surface area contributed by atoms with Crippen LogP contribution in [0.2, 0.25) is 0 Å². The summed E-state index contributed by atoms with van der Waals surface area (Å²) in [6, 6.07) is 15.0. The number of aryl methyl sites for hydroxylation is 1. The highest BCUT2D eigenvalue weighted by Gasteiger charge is 2.10. The van der Waals surface area contributed by atoms with E-state index in [0.29, 0.717) is 5.82 Å². The largest absolute Gasteiger partial charge is 0.497 e. The molecule has 26 heavy (non-hydrogen) atoms. The summed E-state index contributed by atoms with van der Waals surface area (Å²) in [5.41, 5.74) is 2.83. The van der Waals surface area contributed by atoms with E-state index in [4.69, 9.17) is 14.0 Å². The van der Waals surface area contributed by atoms with Gasteiger partial charge in [0.15, 0.2) is 6.61 Å². The van der Waals surface area contributed by atoms with Gasteiger partial charge >= 0.3 is 5.97 Å². The maximum absolute atomic E-state index is 11.8. The van der Waals surface area contributed by atoms with Crippen molar-refractivity contribution in [1.29, 1.82) is 0 Å². The van der Waals surface area contributed by atoms with Crippen LogP contribution in [0.1, 0.15) is 17.0 Å². The molecule has 0 aliphatic heterocycles. The minimum absolute atomic E-state index is 0.0832. The first-order valence-corrected chi connectivity index (χ1v) is 8.03. The summed E-state index contributed by atoms with van der Waals surface area (Å²) in [6.07, 6.45) is 3.09. The van der Waals surface area contributed by atoms with Crippen LogP contribution in [0, 0.1) is 6.92 Å². The highest BCUT2D eigenvalue weighted by molar-refractivity contribution is 5.87. The smallest absolute Gasteiger partial charge is 0.331 e. The lowest BCUT2D eigenvalue weighted by Crippen LogP contribution is -2.01. The van der Waals surface area contributed by atoms with Crippen molar-refractivity contribution in [1.82, 2.24) is 10.1 Å². The zero-order valence-electron chi connectivity index (χ0n) is 14.5. The molecule has 132 valence electrons. The standard InChI is InChI=1S/C20H18N2O4/c1-14-5-3-4-6-15(14)9-12-19(23)25-13-18-21-20(22-26-18)16-7-10-17(24-2)11-8-16/h3-12H,13H2,1-2H3/b12-9+. The van der Waals surface area contributed by atoms with Gasteiger partial charge in [0.1, 0.15) is 5.75 Å². The Balaban J connectivity index is 1.57. The van der Waals surface area contributed by atoms with Crippen LogP contribution in [0.25, 0.3) is 17.5 Å². The first kappa shape index (κ1) is 17.4. The zero-order chi connectivity index (χ0) is 18.4. The lowest BCUT2D eigenvalue weighted by atomic mass is 10.1. The van der Waals surface area contributed by atoms with Crippen molar-refractivity contribution in [2.24, 2.45) is 0 Å². The van der Waals surface area contributed by atoms with E-state index in [1.165, 1.54) is 6.08 Å². The number of carbonyl (C=O) groups is 1. The van der Waals surface area contributed by atoms with Gasteiger partial charge in [0.2, 0.25) is 5.82 Å². The van der Waals surface area contributed by atoms with Gasteiger partial charge in [-0.25, -0.2) is 4.79 Å². The van der Waals surface area contributed by atoms with Gasteiger partial charge in [-0.3, -0.25) is 0 Å². The van der Waals surface area contributed by atoms with E-state index < -0.39 is 5.97 Å². The topological polar surface area (TPSA) is 74.5 Å². The number of hydrogen-bond acceptors (Lipinski definition) is 6. The van der Waals surface area contributed by atoms with Crippen molar-refractivity contribution in [3.05, 3.63) is 71.6 Å². The molecule has 0 fully saturated rings. The Kier molecular flexibility index (Phi) is 5.43. The third kappa shape index (κ3) is 4.36. The Morgan fingerprint density at radius 3 is 2.65 bits per heavy atom. The Hall–Kier alpha value is -3.41. The number of esters is 1. The molecular weight excluding hydrogens is 332 g/mol. The molecule has 0 spiro atoms. The molecular formula is C20H18N2O4. The van der Waals surface area contributed by atoms with Gasteiger partial charge in [0.05, 0.1) is 7.11 Å². The number of carbonyl (C=O) groups excluding carboxylic acids is 1. The SMILES string of the molecule is COc1ccc(-c2noc(COC(=O)/C=C/c3ccccc3C)n2)cc1. The molecule has 0 bridgehead atoms. The van der Waals surface area contributed by atoms with Crippen LogP contribution in [-0.4, -0.2) is 23.2 Å². The summed E-state index contributed by atoms with van der Waals surface area (Å²) in [4.78, 5) is 16.1. The lowest BCUT2D eigenvalue weighted by molar-refractivity contribution is -0.139. The predicted molar refractivity (Wildman–Crippen MR) is 96.3 cm³/mol. The number of ether oxygens (including phenoxy) is 2. The summed E-state index contributed by atoms with van der Waals surface area (Å²) in [7, 11) is 1.60. The van der Waals surface area contributed by atoms with E-state index in [2.05, 4.69) is 10.1 Å². The van der Waals surface area contributed by atoms with Crippen LogP contribution >= 0.6 is 0 Å². The molecule has 0 atom stereocenters. The molecule has 0 N–H and O–H groups in total. The van der Waals surface area contributed by atoms with Gasteiger partial charge < -0.3 is 14.0 Å². The molecule has 0 saturated carbocycles. The van der Waals surface area contributed by atoms with E-state index in [0.717, 1.165) is 22.4 Å². The Morgan fingerprint density at radius 2 is 1.92 bits per heavy atom. The molecule has 0 unspecified atom stereocenters. The molecule has 0 saturated heterocycles. The van der Waals surface area contributed by atoms with E-state index in [1.54, 1.807) is 13.2 Å². The van der Waals surface area contributed by atoms with Crippen molar-refractivity contribution in [3.63, 3.8) is 0 Å². The Bertz CT molecular complexity index is 914. The molecule has 6 nitrogen and oxygen atoms in total. The lowest BCUT2D eigenvalue weighted by Gasteiger charge is -1.99. The van der Waals surface area contributed by atoms with Gasteiger partial charge in [-0.2, -0.15) is 4.98 Å². The fourth-order valence-electron chi connectivity index (χ4n) is 2.28. The summed E-state index contributed by atoms with van der Waals surface area (Å²) >= 11 is 0. The number of benzene rings is 2. The number of nitrogens with zero attached hydrogens (tertiary/aromatic N) is 2. The van der Waals surface area contributed by atoms with Gasteiger partial charge in [0, 0.05) is 11.6 Å². The number of hydrogen-bond donors (Lipinski definition) is 0. The number of aromatic nitrogens is 2. The molecule has 1 heterocycles. The molecule has 0 aliphatic rings. The maximum Gasteiger partial charge on any atom is 0.331 e. The molecule has 3 rings (SSSR count). The van der Waals surface area contributed by atoms with E-state index in [1.807, 2.05) is 55.5 Å². The average molecular weight is 350 g/mol. The van der Waals surface area contributed by atoms with Gasteiger partial charge in [0.25, 0.3) is 5.89 Å². The first-order valence-electron chi connectivity index (χ1n) is 8.03. The average Bonchev–Trinajstić information content (AvgIpc) is 3.15. The van der Waals surface area contributed by atoms with Crippen LogP contribution in [0.4, 0.5) is 0 Å². The Morgan fingerprint density at radius 1 is 1.15 bits per heavy atom. The van der Waals surface area contributed by atoms with Crippen LogP contribution in [-0.2, 0) is 16.1 Å². The van der Waals surface area contributed by atoms with Crippen molar-refractivity contribution < 1.29 is 18.8 Å². The highest BCUT2D eigenvalue weighted by atomic mass is 16.6. The van der Waals surface area contributed by atoms with Crippen molar-refractivity contribution in [2.75, 3.05) is 7.11 Å². The van der Waals surface area contributed by atoms with Crippen molar-refractivity contribution in [3.8, 4) is 17.1 Å². The maximum atomic E-state index is 11.8. The third-order valence-electron chi connectivity index (χ3n) is 3.74. The summed E-state index contributed by atoms with van der Waals surface area (Å²) in [5.74, 6) is 0.923. The molecule has 2 aromatic carbocycles. The zero-order valence-corrected chi connectivity index (χ0v) is 14.5. The second-order valence-electron chi connectivity index (χ2n) is 5.54. The van der Waals surface area contributed by atoms with Gasteiger partial charge in [-0.1, -0.05) is 29.4 Å².